The highest BCUT2D eigenvalue weighted by atomic mass is 32.1. The molecule has 1 aliphatic rings. The number of anilines is 1. The molecule has 1 aliphatic heterocycles. The largest absolute Gasteiger partial charge is 0.416 e. The van der Waals surface area contributed by atoms with E-state index in [1.165, 1.54) is 10.7 Å². The van der Waals surface area contributed by atoms with E-state index in [1.54, 1.807) is 37.4 Å². The first kappa shape index (κ1) is 22.3. The lowest BCUT2D eigenvalue weighted by Crippen LogP contribution is -2.36. The number of aromatic nitrogens is 3. The molecule has 0 aliphatic carbocycles. The van der Waals surface area contributed by atoms with Crippen LogP contribution in [-0.4, -0.2) is 51.8 Å². The maximum absolute atomic E-state index is 13.1. The third-order valence-electron chi connectivity index (χ3n) is 5.73. The van der Waals surface area contributed by atoms with E-state index in [1.807, 2.05) is 10.3 Å². The standard InChI is InChI=1S/C22H24F3N5OS/c1-15-19(16(2)30(27-15)18-6-3-5-17(13-18)22(23,24)25)14-20(31)28-8-4-9-29(11-10-28)21-26-7-12-32-21/h3,5-7,12-13H,4,8-11,14H2,1-2H3. The minimum atomic E-state index is -4.43. The number of carbonyl (C=O) groups is 1. The summed E-state index contributed by atoms with van der Waals surface area (Å²) in [4.78, 5) is 21.5. The minimum absolute atomic E-state index is 0.000723. The summed E-state index contributed by atoms with van der Waals surface area (Å²) in [6.07, 6.45) is -1.62. The molecule has 0 radical (unpaired) electrons. The molecule has 32 heavy (non-hydrogen) atoms. The van der Waals surface area contributed by atoms with Crippen molar-refractivity contribution in [3.8, 4) is 5.69 Å². The molecule has 0 N–H and O–H groups in total. The van der Waals surface area contributed by atoms with Crippen LogP contribution in [0.1, 0.15) is 28.9 Å². The van der Waals surface area contributed by atoms with Gasteiger partial charge in [0.1, 0.15) is 0 Å². The minimum Gasteiger partial charge on any atom is -0.346 e. The number of amides is 1. The molecule has 3 aromatic rings. The first-order valence-electron chi connectivity index (χ1n) is 10.4. The van der Waals surface area contributed by atoms with Gasteiger partial charge in [0.2, 0.25) is 5.91 Å². The van der Waals surface area contributed by atoms with Crippen LogP contribution in [0.5, 0.6) is 0 Å². The maximum atomic E-state index is 13.1. The lowest BCUT2D eigenvalue weighted by molar-refractivity contribution is -0.137. The summed E-state index contributed by atoms with van der Waals surface area (Å²) in [7, 11) is 0. The Balaban J connectivity index is 1.49. The van der Waals surface area contributed by atoms with Crippen molar-refractivity contribution in [1.82, 2.24) is 19.7 Å². The van der Waals surface area contributed by atoms with E-state index in [9.17, 15) is 18.0 Å². The lowest BCUT2D eigenvalue weighted by atomic mass is 10.1. The highest BCUT2D eigenvalue weighted by Gasteiger charge is 2.31. The van der Waals surface area contributed by atoms with Gasteiger partial charge in [-0.15, -0.1) is 11.3 Å². The number of rotatable bonds is 4. The van der Waals surface area contributed by atoms with Crippen molar-refractivity contribution in [2.24, 2.45) is 0 Å². The van der Waals surface area contributed by atoms with Gasteiger partial charge in [-0.3, -0.25) is 4.79 Å². The SMILES string of the molecule is Cc1nn(-c2cccc(C(F)(F)F)c2)c(C)c1CC(=O)N1CCCN(c2nccs2)CC1. The molecular weight excluding hydrogens is 439 g/mol. The van der Waals surface area contributed by atoms with Crippen molar-refractivity contribution in [1.29, 1.82) is 0 Å². The zero-order valence-corrected chi connectivity index (χ0v) is 18.7. The summed E-state index contributed by atoms with van der Waals surface area (Å²) in [5.74, 6) is 0.000723. The van der Waals surface area contributed by atoms with Gasteiger partial charge in [0, 0.05) is 49.0 Å². The highest BCUT2D eigenvalue weighted by Crippen LogP contribution is 2.31. The Morgan fingerprint density at radius 3 is 2.69 bits per heavy atom. The second-order valence-electron chi connectivity index (χ2n) is 7.82. The molecule has 0 bridgehead atoms. The Morgan fingerprint density at radius 2 is 1.97 bits per heavy atom. The number of alkyl halides is 3. The van der Waals surface area contributed by atoms with Gasteiger partial charge >= 0.3 is 6.18 Å². The number of hydrogen-bond donors (Lipinski definition) is 0. The van der Waals surface area contributed by atoms with Crippen LogP contribution >= 0.6 is 11.3 Å². The molecule has 1 fully saturated rings. The molecule has 0 spiro atoms. The van der Waals surface area contributed by atoms with Crippen LogP contribution in [0.3, 0.4) is 0 Å². The number of aryl methyl sites for hydroxylation is 1. The molecule has 170 valence electrons. The second-order valence-corrected chi connectivity index (χ2v) is 8.70. The predicted octanol–water partition coefficient (Wildman–Crippen LogP) is 4.25. The smallest absolute Gasteiger partial charge is 0.346 e. The van der Waals surface area contributed by atoms with E-state index in [0.717, 1.165) is 42.3 Å². The average molecular weight is 464 g/mol. The third-order valence-corrected chi connectivity index (χ3v) is 6.56. The van der Waals surface area contributed by atoms with E-state index in [-0.39, 0.29) is 12.3 Å². The van der Waals surface area contributed by atoms with Crippen LogP contribution in [-0.2, 0) is 17.4 Å². The van der Waals surface area contributed by atoms with Crippen molar-refractivity contribution in [3.63, 3.8) is 0 Å². The molecule has 1 aromatic carbocycles. The van der Waals surface area contributed by atoms with E-state index >= 15 is 0 Å². The number of hydrogen-bond acceptors (Lipinski definition) is 5. The fourth-order valence-electron chi connectivity index (χ4n) is 3.99. The van der Waals surface area contributed by atoms with E-state index in [4.69, 9.17) is 0 Å². The monoisotopic (exact) mass is 463 g/mol. The Morgan fingerprint density at radius 1 is 1.16 bits per heavy atom. The summed E-state index contributed by atoms with van der Waals surface area (Å²) in [5, 5.41) is 7.34. The topological polar surface area (TPSA) is 54.3 Å². The maximum Gasteiger partial charge on any atom is 0.416 e. The third kappa shape index (κ3) is 4.64. The normalized spacial score (nSPS) is 15.2. The van der Waals surface area contributed by atoms with E-state index < -0.39 is 11.7 Å². The molecule has 2 aromatic heterocycles. The van der Waals surface area contributed by atoms with Gasteiger partial charge in [-0.2, -0.15) is 18.3 Å². The summed E-state index contributed by atoms with van der Waals surface area (Å²) < 4.78 is 40.8. The molecule has 0 unspecified atom stereocenters. The molecular formula is C22H24F3N5OS. The Hall–Kier alpha value is -2.88. The van der Waals surface area contributed by atoms with Crippen molar-refractivity contribution < 1.29 is 18.0 Å². The van der Waals surface area contributed by atoms with Crippen LogP contribution in [0, 0.1) is 13.8 Å². The molecule has 0 saturated carbocycles. The van der Waals surface area contributed by atoms with Crippen LogP contribution in [0.4, 0.5) is 18.3 Å². The highest BCUT2D eigenvalue weighted by molar-refractivity contribution is 7.13. The number of nitrogens with zero attached hydrogens (tertiary/aromatic N) is 5. The number of halogens is 3. The molecule has 6 nitrogen and oxygen atoms in total. The number of thiazole rings is 1. The van der Waals surface area contributed by atoms with Crippen molar-refractivity contribution in [3.05, 3.63) is 58.4 Å². The van der Waals surface area contributed by atoms with Gasteiger partial charge in [-0.1, -0.05) is 6.07 Å². The lowest BCUT2D eigenvalue weighted by Gasteiger charge is -2.22. The predicted molar refractivity (Wildman–Crippen MR) is 117 cm³/mol. The van der Waals surface area contributed by atoms with E-state index in [2.05, 4.69) is 15.0 Å². The van der Waals surface area contributed by atoms with Crippen molar-refractivity contribution in [2.45, 2.75) is 32.9 Å². The van der Waals surface area contributed by atoms with Gasteiger partial charge < -0.3 is 9.80 Å². The first-order valence-corrected chi connectivity index (χ1v) is 11.3. The van der Waals surface area contributed by atoms with Gasteiger partial charge in [0.25, 0.3) is 0 Å². The summed E-state index contributed by atoms with van der Waals surface area (Å²) in [6.45, 7) is 6.42. The fourth-order valence-corrected chi connectivity index (χ4v) is 4.69. The molecule has 1 amide bonds. The zero-order chi connectivity index (χ0) is 22.9. The first-order chi connectivity index (χ1) is 15.2. The van der Waals surface area contributed by atoms with Crippen LogP contribution in [0.2, 0.25) is 0 Å². The number of carbonyl (C=O) groups excluding carboxylic acids is 1. The van der Waals surface area contributed by atoms with Crippen molar-refractivity contribution in [2.75, 3.05) is 31.1 Å². The average Bonchev–Trinajstić information content (AvgIpc) is 3.30. The Kier molecular flexibility index (Phi) is 6.23. The molecule has 3 heterocycles. The zero-order valence-electron chi connectivity index (χ0n) is 17.9. The quantitative estimate of drug-likeness (QED) is 0.581. The van der Waals surface area contributed by atoms with Crippen molar-refractivity contribution >= 4 is 22.4 Å². The van der Waals surface area contributed by atoms with Crippen LogP contribution in [0.25, 0.3) is 5.69 Å². The molecule has 1 saturated heterocycles. The Bertz CT molecular complexity index is 1090. The van der Waals surface area contributed by atoms with Gasteiger partial charge in [-0.25, -0.2) is 9.67 Å². The van der Waals surface area contributed by atoms with Gasteiger partial charge in [0.05, 0.1) is 23.4 Å². The molecule has 4 rings (SSSR count). The Labute approximate surface area is 188 Å². The molecule has 10 heteroatoms. The summed E-state index contributed by atoms with van der Waals surface area (Å²) in [5.41, 5.74) is 1.68. The van der Waals surface area contributed by atoms with E-state index in [0.29, 0.717) is 30.2 Å². The second kappa shape index (κ2) is 8.93. The van der Waals surface area contributed by atoms with Gasteiger partial charge in [-0.05, 0) is 38.5 Å². The molecule has 0 atom stereocenters. The van der Waals surface area contributed by atoms with Gasteiger partial charge in [0.15, 0.2) is 5.13 Å². The fraction of sp³-hybridized carbons (Fsp3) is 0.409. The summed E-state index contributed by atoms with van der Waals surface area (Å²) in [6, 6.07) is 5.06. The van der Waals surface area contributed by atoms with Crippen LogP contribution < -0.4 is 4.90 Å². The number of benzene rings is 1. The van der Waals surface area contributed by atoms with Crippen LogP contribution in [0.15, 0.2) is 35.8 Å². The summed E-state index contributed by atoms with van der Waals surface area (Å²) >= 11 is 1.59.